The monoisotopic (exact) mass is 694 g/mol. The van der Waals surface area contributed by atoms with Gasteiger partial charge >= 0.3 is 17.7 Å². The molecule has 2 heterocycles. The van der Waals surface area contributed by atoms with E-state index in [0.717, 1.165) is 7.11 Å². The average Bonchev–Trinajstić information content (AvgIpc) is 3.07. The Balaban J connectivity index is 1.95. The van der Waals surface area contributed by atoms with E-state index < -0.39 is 58.2 Å². The highest BCUT2D eigenvalue weighted by atomic mass is 16.6. The second-order valence-corrected chi connectivity index (χ2v) is 12.0. The van der Waals surface area contributed by atoms with Crippen LogP contribution in [-0.2, 0) is 30.3 Å². The summed E-state index contributed by atoms with van der Waals surface area (Å²) >= 11 is 0. The van der Waals surface area contributed by atoms with Gasteiger partial charge in [0.1, 0.15) is 29.2 Å². The van der Waals surface area contributed by atoms with Gasteiger partial charge in [-0.25, -0.2) is 9.59 Å². The van der Waals surface area contributed by atoms with E-state index in [1.165, 1.54) is 69.9 Å². The molecular weight excluding hydrogens is 656 g/mol. The molecule has 2 aliphatic rings. The number of amides is 3. The highest BCUT2D eigenvalue weighted by Crippen LogP contribution is 2.39. The van der Waals surface area contributed by atoms with Crippen molar-refractivity contribution in [2.24, 2.45) is 0 Å². The van der Waals surface area contributed by atoms with Gasteiger partial charge in [0.25, 0.3) is 0 Å². The summed E-state index contributed by atoms with van der Waals surface area (Å²) in [5.74, 6) is -2.08. The predicted octanol–water partition coefficient (Wildman–Crippen LogP) is 4.05. The zero-order valence-corrected chi connectivity index (χ0v) is 28.5. The molecule has 0 aromatic heterocycles. The molecule has 5 rings (SSSR count). The summed E-state index contributed by atoms with van der Waals surface area (Å²) in [5.41, 5.74) is -0.784. The van der Waals surface area contributed by atoms with Crippen LogP contribution in [0, 0.1) is 10.1 Å². The molecule has 0 aliphatic carbocycles. The third-order valence-corrected chi connectivity index (χ3v) is 7.39. The third kappa shape index (κ3) is 8.89. The number of nitro groups is 1. The Hall–Kier alpha value is -6.06. The van der Waals surface area contributed by atoms with Crippen molar-refractivity contribution in [3.8, 4) is 28.7 Å². The van der Waals surface area contributed by atoms with Crippen molar-refractivity contribution >= 4 is 29.6 Å². The second-order valence-electron chi connectivity index (χ2n) is 12.0. The van der Waals surface area contributed by atoms with Crippen molar-refractivity contribution in [3.63, 3.8) is 0 Å². The molecule has 2 aliphatic heterocycles. The van der Waals surface area contributed by atoms with E-state index in [2.05, 4.69) is 16.0 Å². The van der Waals surface area contributed by atoms with Crippen molar-refractivity contribution in [2.75, 3.05) is 28.4 Å². The Morgan fingerprint density at radius 2 is 1.54 bits per heavy atom. The van der Waals surface area contributed by atoms with Crippen molar-refractivity contribution in [2.45, 2.75) is 50.9 Å². The van der Waals surface area contributed by atoms with Gasteiger partial charge < -0.3 is 44.4 Å². The Morgan fingerprint density at radius 1 is 0.860 bits per heavy atom. The Kier molecular flexibility index (Phi) is 11.4. The van der Waals surface area contributed by atoms with Crippen LogP contribution in [-0.4, -0.2) is 68.9 Å². The maximum atomic E-state index is 14.2. The molecular formula is C34H38N4O12. The molecule has 0 saturated carbocycles. The first-order valence-electron chi connectivity index (χ1n) is 15.2. The molecule has 0 saturated heterocycles. The lowest BCUT2D eigenvalue weighted by Gasteiger charge is -2.27. The number of esters is 1. The number of carbonyl (C=O) groups is 4. The number of nitrogens with one attached hydrogen (secondary N) is 3. The molecule has 0 radical (unpaired) electrons. The van der Waals surface area contributed by atoms with Gasteiger partial charge in [-0.2, -0.15) is 0 Å². The standard InChI is InChI=1S/C34H38N4O12/c1-34(2,3)50-33(42)35-23-12-18-8-10-25(24(13-18)38(43)44)49-27-16-19(9-11-26(27)47-6)29(32(41)48-7)37-31(40)28(36-30(23)39)20-14-21(45-4)17-22(15-20)46-5/h8-11,13-17,23,28-29H,12H2,1-7H3,(H,35,42)(H,36,39)(H,37,40)/t23-,28-,29-/m1/s1. The van der Waals surface area contributed by atoms with Crippen LogP contribution in [0.4, 0.5) is 10.5 Å². The van der Waals surface area contributed by atoms with Crippen LogP contribution >= 0.6 is 0 Å². The molecule has 3 aromatic carbocycles. The van der Waals surface area contributed by atoms with Crippen molar-refractivity contribution in [1.82, 2.24) is 16.0 Å². The first kappa shape index (κ1) is 36.8. The minimum Gasteiger partial charge on any atom is -0.497 e. The van der Waals surface area contributed by atoms with E-state index in [-0.39, 0.29) is 51.9 Å². The molecule has 266 valence electrons. The minimum absolute atomic E-state index is 0.0112. The number of nitro benzene ring substituents is 1. The van der Waals surface area contributed by atoms with E-state index >= 15 is 0 Å². The summed E-state index contributed by atoms with van der Waals surface area (Å²) in [6, 6.07) is 8.42. The number of carbonyl (C=O) groups excluding carboxylic acids is 4. The zero-order chi connectivity index (χ0) is 36.7. The number of rotatable bonds is 7. The number of methoxy groups -OCH3 is 4. The average molecular weight is 695 g/mol. The fourth-order valence-corrected chi connectivity index (χ4v) is 5.05. The van der Waals surface area contributed by atoms with Crippen LogP contribution < -0.4 is 34.9 Å². The lowest BCUT2D eigenvalue weighted by Crippen LogP contribution is -2.52. The zero-order valence-electron chi connectivity index (χ0n) is 28.5. The van der Waals surface area contributed by atoms with Gasteiger partial charge in [0.15, 0.2) is 17.5 Å². The van der Waals surface area contributed by atoms with Gasteiger partial charge in [0.05, 0.1) is 33.4 Å². The highest BCUT2D eigenvalue weighted by Gasteiger charge is 2.34. The van der Waals surface area contributed by atoms with Crippen LogP contribution in [0.2, 0.25) is 0 Å². The van der Waals surface area contributed by atoms with E-state index in [4.69, 9.17) is 28.4 Å². The van der Waals surface area contributed by atoms with Gasteiger partial charge in [-0.1, -0.05) is 12.1 Å². The lowest BCUT2D eigenvalue weighted by molar-refractivity contribution is -0.385. The van der Waals surface area contributed by atoms with Gasteiger partial charge in [-0.15, -0.1) is 0 Å². The van der Waals surface area contributed by atoms with E-state index in [1.807, 2.05) is 0 Å². The summed E-state index contributed by atoms with van der Waals surface area (Å²) in [6.07, 6.45) is -1.23. The second kappa shape index (κ2) is 15.4. The molecule has 0 fully saturated rings. The number of alkyl carbamates (subject to hydrolysis) is 1. The number of fused-ring (bicyclic) bond motifs is 9. The number of hydrogen-bond donors (Lipinski definition) is 3. The number of benzene rings is 3. The third-order valence-electron chi connectivity index (χ3n) is 7.39. The van der Waals surface area contributed by atoms with E-state index in [1.54, 1.807) is 26.8 Å². The van der Waals surface area contributed by atoms with E-state index in [9.17, 15) is 29.3 Å². The largest absolute Gasteiger partial charge is 0.497 e. The molecule has 50 heavy (non-hydrogen) atoms. The first-order valence-corrected chi connectivity index (χ1v) is 15.2. The van der Waals surface area contributed by atoms with Crippen LogP contribution in [0.5, 0.6) is 28.7 Å². The lowest BCUT2D eigenvalue weighted by atomic mass is 10.00. The molecule has 0 unspecified atom stereocenters. The molecule has 3 atom stereocenters. The summed E-state index contributed by atoms with van der Waals surface area (Å²) in [4.78, 5) is 65.9. The molecule has 3 aromatic rings. The van der Waals surface area contributed by atoms with Crippen molar-refractivity contribution in [1.29, 1.82) is 0 Å². The Morgan fingerprint density at radius 3 is 2.12 bits per heavy atom. The Labute approximate surface area is 287 Å². The first-order chi connectivity index (χ1) is 23.7. The Bertz CT molecular complexity index is 1770. The highest BCUT2D eigenvalue weighted by molar-refractivity contribution is 5.94. The fourth-order valence-electron chi connectivity index (χ4n) is 5.05. The smallest absolute Gasteiger partial charge is 0.408 e. The van der Waals surface area contributed by atoms with E-state index in [0.29, 0.717) is 0 Å². The van der Waals surface area contributed by atoms with Crippen molar-refractivity contribution in [3.05, 3.63) is 81.4 Å². The minimum atomic E-state index is -1.51. The van der Waals surface area contributed by atoms with Gasteiger partial charge in [0.2, 0.25) is 17.6 Å². The topological polar surface area (TPSA) is 203 Å². The maximum Gasteiger partial charge on any atom is 0.408 e. The number of ether oxygens (including phenoxy) is 6. The van der Waals surface area contributed by atoms with Crippen LogP contribution in [0.25, 0.3) is 0 Å². The summed E-state index contributed by atoms with van der Waals surface area (Å²) < 4.78 is 32.5. The quantitative estimate of drug-likeness (QED) is 0.182. The fraction of sp³-hybridized carbons (Fsp3) is 0.353. The maximum absolute atomic E-state index is 14.2. The van der Waals surface area contributed by atoms with Gasteiger partial charge in [-0.3, -0.25) is 19.7 Å². The van der Waals surface area contributed by atoms with Crippen LogP contribution in [0.1, 0.15) is 49.5 Å². The van der Waals surface area contributed by atoms with Crippen LogP contribution in [0.15, 0.2) is 54.6 Å². The van der Waals surface area contributed by atoms with Gasteiger partial charge in [0, 0.05) is 18.6 Å². The molecule has 4 bridgehead atoms. The number of nitrogens with zero attached hydrogens (tertiary/aromatic N) is 1. The van der Waals surface area contributed by atoms with Gasteiger partial charge in [-0.05, 0) is 67.8 Å². The SMILES string of the molecule is COC(=O)[C@@H]1NC(=O)[C@@H](c2cc(OC)cc(OC)c2)NC(=O)[C@H](NC(=O)OC(C)(C)C)Cc2ccc(c([N+](=O)[O-])c2)Oc2cc1ccc2OC. The van der Waals surface area contributed by atoms with Crippen molar-refractivity contribution < 1.29 is 52.5 Å². The molecule has 16 nitrogen and oxygen atoms in total. The molecule has 3 N–H and O–H groups in total. The summed E-state index contributed by atoms with van der Waals surface area (Å²) in [5, 5.41) is 20.0. The number of hydrogen-bond acceptors (Lipinski definition) is 12. The predicted molar refractivity (Wildman–Crippen MR) is 176 cm³/mol. The van der Waals surface area contributed by atoms with Crippen LogP contribution in [0.3, 0.4) is 0 Å². The normalized spacial score (nSPS) is 17.7. The molecule has 16 heteroatoms. The molecule has 0 spiro atoms. The molecule has 3 amide bonds. The summed E-state index contributed by atoms with van der Waals surface area (Å²) in [7, 11) is 5.28. The summed E-state index contributed by atoms with van der Waals surface area (Å²) in [6.45, 7) is 4.89.